The number of carboxylic acids is 1. The SMILES string of the molecule is C=C(C(=O)O)C(CC)(CC)CCP(=O)(O)O. The Morgan fingerprint density at radius 1 is 1.31 bits per heavy atom. The molecule has 6 heteroatoms. The van der Waals surface area contributed by atoms with Crippen LogP contribution < -0.4 is 0 Å². The minimum Gasteiger partial charge on any atom is -0.478 e. The molecule has 0 unspecified atom stereocenters. The standard InChI is InChI=1S/C10H19O5P/c1-4-10(5-2,8(3)9(11)12)6-7-16(13,14)15/h3-7H2,1-2H3,(H,11,12)(H2,13,14,15). The molecule has 0 aliphatic rings. The Morgan fingerprint density at radius 2 is 1.75 bits per heavy atom. The molecule has 0 aromatic rings. The molecule has 0 radical (unpaired) electrons. The van der Waals surface area contributed by atoms with Crippen LogP contribution in [0.2, 0.25) is 0 Å². The second-order valence-corrected chi connectivity index (χ2v) is 5.69. The van der Waals surface area contributed by atoms with Crippen LogP contribution in [0.3, 0.4) is 0 Å². The molecule has 0 aliphatic heterocycles. The van der Waals surface area contributed by atoms with Crippen molar-refractivity contribution in [3.05, 3.63) is 12.2 Å². The van der Waals surface area contributed by atoms with E-state index in [9.17, 15) is 9.36 Å². The van der Waals surface area contributed by atoms with Crippen LogP contribution in [-0.4, -0.2) is 27.0 Å². The Kier molecular flexibility index (Phi) is 5.39. The van der Waals surface area contributed by atoms with Gasteiger partial charge in [-0.3, -0.25) is 4.57 Å². The lowest BCUT2D eigenvalue weighted by molar-refractivity contribution is -0.134. The van der Waals surface area contributed by atoms with E-state index in [0.717, 1.165) is 0 Å². The van der Waals surface area contributed by atoms with Crippen LogP contribution in [0.4, 0.5) is 0 Å². The van der Waals surface area contributed by atoms with Gasteiger partial charge in [0.2, 0.25) is 0 Å². The summed E-state index contributed by atoms with van der Waals surface area (Å²) in [5.41, 5.74) is -0.682. The molecule has 0 heterocycles. The Labute approximate surface area is 95.3 Å². The largest absolute Gasteiger partial charge is 0.478 e. The monoisotopic (exact) mass is 250 g/mol. The highest BCUT2D eigenvalue weighted by Crippen LogP contribution is 2.44. The van der Waals surface area contributed by atoms with E-state index < -0.39 is 19.0 Å². The average Bonchev–Trinajstić information content (AvgIpc) is 2.18. The van der Waals surface area contributed by atoms with E-state index >= 15 is 0 Å². The fourth-order valence-corrected chi connectivity index (χ4v) is 2.49. The normalized spacial score (nSPS) is 12.5. The van der Waals surface area contributed by atoms with Crippen molar-refractivity contribution >= 4 is 13.6 Å². The molecule has 0 spiro atoms. The summed E-state index contributed by atoms with van der Waals surface area (Å²) in [5.74, 6) is -1.10. The summed E-state index contributed by atoms with van der Waals surface area (Å²) in [6.07, 6.45) is 0.861. The van der Waals surface area contributed by atoms with Gasteiger partial charge in [-0.1, -0.05) is 20.4 Å². The third kappa shape index (κ3) is 4.08. The van der Waals surface area contributed by atoms with Gasteiger partial charge in [0.1, 0.15) is 0 Å². The van der Waals surface area contributed by atoms with E-state index in [2.05, 4.69) is 6.58 Å². The lowest BCUT2D eigenvalue weighted by Crippen LogP contribution is -2.27. The van der Waals surface area contributed by atoms with Crippen LogP contribution >= 0.6 is 7.60 Å². The third-order valence-corrected chi connectivity index (χ3v) is 3.94. The molecule has 3 N–H and O–H groups in total. The molecule has 94 valence electrons. The summed E-state index contributed by atoms with van der Waals surface area (Å²) >= 11 is 0. The van der Waals surface area contributed by atoms with Crippen LogP contribution in [0.5, 0.6) is 0 Å². The van der Waals surface area contributed by atoms with Crippen LogP contribution in [-0.2, 0) is 9.36 Å². The van der Waals surface area contributed by atoms with Crippen molar-refractivity contribution < 1.29 is 24.3 Å². The number of rotatable bonds is 7. The number of hydrogen-bond acceptors (Lipinski definition) is 2. The van der Waals surface area contributed by atoms with Gasteiger partial charge in [0, 0.05) is 11.0 Å². The van der Waals surface area contributed by atoms with E-state index in [0.29, 0.717) is 12.8 Å². The van der Waals surface area contributed by atoms with Crippen molar-refractivity contribution in [3.8, 4) is 0 Å². The first-order chi connectivity index (χ1) is 7.18. The van der Waals surface area contributed by atoms with Gasteiger partial charge >= 0.3 is 13.6 Å². The maximum absolute atomic E-state index is 10.9. The minimum atomic E-state index is -4.09. The van der Waals surface area contributed by atoms with Gasteiger partial charge in [-0.15, -0.1) is 0 Å². The second kappa shape index (κ2) is 5.62. The van der Waals surface area contributed by atoms with Gasteiger partial charge in [-0.05, 0) is 19.3 Å². The van der Waals surface area contributed by atoms with Gasteiger partial charge in [-0.2, -0.15) is 0 Å². The third-order valence-electron chi connectivity index (χ3n) is 3.13. The van der Waals surface area contributed by atoms with Crippen molar-refractivity contribution in [1.82, 2.24) is 0 Å². The van der Waals surface area contributed by atoms with Crippen molar-refractivity contribution in [2.75, 3.05) is 6.16 Å². The Hall–Kier alpha value is -0.640. The quantitative estimate of drug-likeness (QED) is 0.474. The van der Waals surface area contributed by atoms with Gasteiger partial charge in [0.05, 0.1) is 6.16 Å². The highest BCUT2D eigenvalue weighted by molar-refractivity contribution is 7.51. The van der Waals surface area contributed by atoms with E-state index in [-0.39, 0.29) is 18.2 Å². The number of carboxylic acid groups (broad SMARTS) is 1. The maximum Gasteiger partial charge on any atom is 0.331 e. The maximum atomic E-state index is 10.9. The van der Waals surface area contributed by atoms with Gasteiger partial charge in [-0.25, -0.2) is 4.79 Å². The molecule has 5 nitrogen and oxygen atoms in total. The molecule has 0 atom stereocenters. The smallest absolute Gasteiger partial charge is 0.331 e. The lowest BCUT2D eigenvalue weighted by atomic mass is 9.74. The van der Waals surface area contributed by atoms with Crippen LogP contribution in [0, 0.1) is 5.41 Å². The van der Waals surface area contributed by atoms with E-state index in [4.69, 9.17) is 14.9 Å². The summed E-state index contributed by atoms with van der Waals surface area (Å²) in [6.45, 7) is 7.12. The van der Waals surface area contributed by atoms with E-state index in [1.54, 1.807) is 13.8 Å². The Morgan fingerprint density at radius 3 is 2.00 bits per heavy atom. The Balaban J connectivity index is 4.90. The summed E-state index contributed by atoms with van der Waals surface area (Å²) in [4.78, 5) is 28.5. The van der Waals surface area contributed by atoms with Crippen LogP contribution in [0.25, 0.3) is 0 Å². The van der Waals surface area contributed by atoms with Crippen molar-refractivity contribution in [1.29, 1.82) is 0 Å². The number of aliphatic carboxylic acids is 1. The molecule has 0 amide bonds. The summed E-state index contributed by atoms with van der Waals surface area (Å²) in [6, 6.07) is 0. The zero-order valence-electron chi connectivity index (χ0n) is 9.64. The highest BCUT2D eigenvalue weighted by Gasteiger charge is 2.35. The molecular formula is C10H19O5P. The molecule has 0 aliphatic carbocycles. The fraction of sp³-hybridized carbons (Fsp3) is 0.700. The second-order valence-electron chi connectivity index (χ2n) is 3.91. The molecule has 16 heavy (non-hydrogen) atoms. The van der Waals surface area contributed by atoms with Crippen molar-refractivity contribution in [3.63, 3.8) is 0 Å². The molecular weight excluding hydrogens is 231 g/mol. The zero-order valence-corrected chi connectivity index (χ0v) is 10.5. The molecule has 0 bridgehead atoms. The summed E-state index contributed by atoms with van der Waals surface area (Å²) in [7, 11) is -4.09. The highest BCUT2D eigenvalue weighted by atomic mass is 31.2. The lowest BCUT2D eigenvalue weighted by Gasteiger charge is -2.32. The molecule has 0 saturated carbocycles. The first-order valence-corrected chi connectivity index (χ1v) is 6.95. The van der Waals surface area contributed by atoms with Crippen LogP contribution in [0.1, 0.15) is 33.1 Å². The topological polar surface area (TPSA) is 94.8 Å². The Bertz CT molecular complexity index is 313. The van der Waals surface area contributed by atoms with E-state index in [1.165, 1.54) is 0 Å². The molecule has 0 saturated heterocycles. The van der Waals surface area contributed by atoms with Crippen molar-refractivity contribution in [2.45, 2.75) is 33.1 Å². The van der Waals surface area contributed by atoms with Gasteiger partial charge in [0.25, 0.3) is 0 Å². The predicted molar refractivity (Wildman–Crippen MR) is 61.3 cm³/mol. The summed E-state index contributed by atoms with van der Waals surface area (Å²) in [5, 5.41) is 8.92. The predicted octanol–water partition coefficient (Wildman–Crippen LogP) is 2.00. The zero-order chi connectivity index (χ0) is 13.0. The molecule has 0 aromatic carbocycles. The minimum absolute atomic E-state index is 0.0333. The summed E-state index contributed by atoms with van der Waals surface area (Å²) < 4.78 is 10.8. The first kappa shape index (κ1) is 15.4. The molecule has 0 rings (SSSR count). The average molecular weight is 250 g/mol. The molecule has 0 aromatic heterocycles. The van der Waals surface area contributed by atoms with Crippen LogP contribution in [0.15, 0.2) is 12.2 Å². The molecule has 0 fully saturated rings. The van der Waals surface area contributed by atoms with E-state index in [1.807, 2.05) is 0 Å². The first-order valence-electron chi connectivity index (χ1n) is 5.15. The van der Waals surface area contributed by atoms with Crippen molar-refractivity contribution in [2.24, 2.45) is 5.41 Å². The van der Waals surface area contributed by atoms with Gasteiger partial charge in [0.15, 0.2) is 0 Å². The fourth-order valence-electron chi connectivity index (χ4n) is 1.77. The number of carbonyl (C=O) groups is 1. The van der Waals surface area contributed by atoms with Gasteiger partial charge < -0.3 is 14.9 Å². The number of hydrogen-bond donors (Lipinski definition) is 3.